The lowest BCUT2D eigenvalue weighted by atomic mass is 9.84. The number of benzene rings is 2. The second-order valence-electron chi connectivity index (χ2n) is 16.6. The molecule has 6 heterocycles. The topological polar surface area (TPSA) is 177 Å². The summed E-state index contributed by atoms with van der Waals surface area (Å²) in [7, 11) is 1.83. The highest BCUT2D eigenvalue weighted by Crippen LogP contribution is 2.52. The number of carbonyl (C=O) groups excluding carboxylic acids is 5. The quantitative estimate of drug-likeness (QED) is 0.140. The molecule has 5 aliphatic heterocycles. The van der Waals surface area contributed by atoms with Crippen molar-refractivity contribution in [1.29, 1.82) is 0 Å². The molecule has 6 amide bonds. The molecule has 1 aromatic heterocycles. The number of unbranched alkanes of at least 4 members (excludes halogenated alkanes) is 1. The van der Waals surface area contributed by atoms with Crippen LogP contribution in [0.2, 0.25) is 0 Å². The molecule has 0 bridgehead atoms. The lowest BCUT2D eigenvalue weighted by Crippen LogP contribution is -2.52. The van der Waals surface area contributed by atoms with Gasteiger partial charge in [-0.2, -0.15) is 0 Å². The summed E-state index contributed by atoms with van der Waals surface area (Å²) in [5.41, 5.74) is 12.1. The van der Waals surface area contributed by atoms with Gasteiger partial charge in [0.25, 0.3) is 11.8 Å². The molecule has 15 heteroatoms. The van der Waals surface area contributed by atoms with Gasteiger partial charge in [-0.25, -0.2) is 14.8 Å². The Balaban J connectivity index is 0.772. The number of allylic oxidation sites excluding steroid dienone is 1. The fourth-order valence-electron chi connectivity index (χ4n) is 9.69. The molecule has 4 saturated heterocycles. The molecule has 9 rings (SSSR count). The summed E-state index contributed by atoms with van der Waals surface area (Å²) in [4.78, 5) is 81.7. The van der Waals surface area contributed by atoms with Crippen molar-refractivity contribution in [1.82, 2.24) is 34.9 Å². The summed E-state index contributed by atoms with van der Waals surface area (Å²) >= 11 is 0. The monoisotopic (exact) mass is 786 g/mol. The van der Waals surface area contributed by atoms with Gasteiger partial charge >= 0.3 is 6.03 Å². The highest BCUT2D eigenvalue weighted by Gasteiger charge is 2.48. The van der Waals surface area contributed by atoms with Crippen molar-refractivity contribution < 1.29 is 24.0 Å². The molecule has 3 atom stereocenters. The third-order valence-corrected chi connectivity index (χ3v) is 13.0. The highest BCUT2D eigenvalue weighted by atomic mass is 16.2. The van der Waals surface area contributed by atoms with E-state index in [4.69, 9.17) is 10.7 Å². The lowest BCUT2D eigenvalue weighted by Gasteiger charge is -2.37. The van der Waals surface area contributed by atoms with Crippen LogP contribution >= 0.6 is 0 Å². The molecule has 4 fully saturated rings. The standard InChI is InChI=1S/C43H50N10O5/c1-49-20-21-52(42(49)58)31-8-5-18-51(25-31)35-23-45-37(38(44)55)39(47-35)46-30-12-10-28(11-13-30)43-16-19-50(24-29(43)22-43)17-3-2-6-27-7-4-9-32-33(27)26-53(41(32)57)34-14-15-36(54)48-40(34)56/h4,7,9-13,22-23,31,34H,2-3,5-6,8,14-21,24-26H2,1H3,(H2,44,55)(H,46,47)(H,48,54,56)/t31-,34?,43?/m1/s1. The number of likely N-dealkylation sites (tertiary alicyclic amines) is 1. The maximum Gasteiger partial charge on any atom is 0.320 e. The zero-order valence-electron chi connectivity index (χ0n) is 32.9. The smallest absolute Gasteiger partial charge is 0.320 e. The van der Waals surface area contributed by atoms with Gasteiger partial charge in [-0.1, -0.05) is 30.3 Å². The number of primary amides is 1. The van der Waals surface area contributed by atoms with Crippen LogP contribution in [0.1, 0.15) is 82.5 Å². The number of nitrogens with two attached hydrogens (primary N) is 1. The van der Waals surface area contributed by atoms with Crippen LogP contribution in [0.15, 0.2) is 60.3 Å². The molecule has 0 spiro atoms. The van der Waals surface area contributed by atoms with E-state index in [1.807, 2.05) is 36.2 Å². The molecule has 58 heavy (non-hydrogen) atoms. The van der Waals surface area contributed by atoms with E-state index >= 15 is 0 Å². The number of imide groups is 1. The van der Waals surface area contributed by atoms with Gasteiger partial charge in [0.15, 0.2) is 11.5 Å². The zero-order valence-corrected chi connectivity index (χ0v) is 32.9. The van der Waals surface area contributed by atoms with Crippen molar-refractivity contribution in [2.45, 2.75) is 75.4 Å². The van der Waals surface area contributed by atoms with E-state index in [9.17, 15) is 24.0 Å². The molecular weight excluding hydrogens is 737 g/mol. The fraction of sp³-hybridized carbons (Fsp3) is 0.465. The van der Waals surface area contributed by atoms with Gasteiger partial charge in [0, 0.05) is 69.4 Å². The largest absolute Gasteiger partial charge is 0.364 e. The summed E-state index contributed by atoms with van der Waals surface area (Å²) in [5, 5.41) is 5.69. The van der Waals surface area contributed by atoms with Crippen molar-refractivity contribution in [3.05, 3.63) is 88.3 Å². The first-order chi connectivity index (χ1) is 28.1. The second-order valence-corrected chi connectivity index (χ2v) is 16.6. The average Bonchev–Trinajstić information content (AvgIpc) is 3.74. The maximum atomic E-state index is 13.2. The minimum absolute atomic E-state index is 0.00496. The number of amides is 6. The number of piperidine rings is 3. The fourth-order valence-corrected chi connectivity index (χ4v) is 9.69. The Morgan fingerprint density at radius 1 is 0.983 bits per heavy atom. The molecule has 6 aliphatic rings. The van der Waals surface area contributed by atoms with E-state index in [0.717, 1.165) is 94.6 Å². The average molecular weight is 787 g/mol. The second kappa shape index (κ2) is 15.2. The van der Waals surface area contributed by atoms with Gasteiger partial charge in [0.2, 0.25) is 11.8 Å². The lowest BCUT2D eigenvalue weighted by molar-refractivity contribution is -0.136. The molecule has 1 aliphatic carbocycles. The normalized spacial score (nSPS) is 24.5. The first-order valence-corrected chi connectivity index (χ1v) is 20.6. The first-order valence-electron chi connectivity index (χ1n) is 20.6. The number of aryl methyl sites for hydroxylation is 1. The number of urea groups is 1. The highest BCUT2D eigenvalue weighted by molar-refractivity contribution is 6.05. The van der Waals surface area contributed by atoms with Crippen LogP contribution in [0.3, 0.4) is 0 Å². The molecule has 15 nitrogen and oxygen atoms in total. The van der Waals surface area contributed by atoms with E-state index in [0.29, 0.717) is 36.7 Å². The van der Waals surface area contributed by atoms with Gasteiger partial charge in [0.1, 0.15) is 11.9 Å². The van der Waals surface area contributed by atoms with E-state index in [-0.39, 0.29) is 47.3 Å². The molecule has 0 radical (unpaired) electrons. The summed E-state index contributed by atoms with van der Waals surface area (Å²) in [6.07, 6.45) is 10.4. The number of aromatic nitrogens is 2. The number of fused-ring (bicyclic) bond motifs is 2. The van der Waals surface area contributed by atoms with Crippen LogP contribution in [-0.2, 0) is 28.0 Å². The molecule has 2 aromatic carbocycles. The molecule has 3 aromatic rings. The summed E-state index contributed by atoms with van der Waals surface area (Å²) in [6, 6.07) is 13.8. The molecule has 0 saturated carbocycles. The molecule has 302 valence electrons. The minimum Gasteiger partial charge on any atom is -0.364 e. The maximum absolute atomic E-state index is 13.2. The molecule has 4 N–H and O–H groups in total. The van der Waals surface area contributed by atoms with E-state index in [1.165, 1.54) is 11.1 Å². The Morgan fingerprint density at radius 3 is 2.59 bits per heavy atom. The van der Waals surface area contributed by atoms with Gasteiger partial charge in [0.05, 0.1) is 12.2 Å². The van der Waals surface area contributed by atoms with Crippen molar-refractivity contribution in [2.75, 3.05) is 63.1 Å². The van der Waals surface area contributed by atoms with Crippen LogP contribution in [0.5, 0.6) is 0 Å². The van der Waals surface area contributed by atoms with Crippen LogP contribution < -0.4 is 21.3 Å². The minimum atomic E-state index is -0.656. The number of nitrogens with zero attached hydrogens (tertiary/aromatic N) is 7. The molecular formula is C43H50N10O5. The van der Waals surface area contributed by atoms with Gasteiger partial charge in [-0.05, 0) is 98.5 Å². The van der Waals surface area contributed by atoms with Crippen LogP contribution in [0.25, 0.3) is 0 Å². The van der Waals surface area contributed by atoms with Gasteiger partial charge in [-0.15, -0.1) is 0 Å². The van der Waals surface area contributed by atoms with Gasteiger partial charge < -0.3 is 30.7 Å². The summed E-state index contributed by atoms with van der Waals surface area (Å²) in [6.45, 7) is 6.25. The number of hydrogen-bond donors (Lipinski definition) is 3. The van der Waals surface area contributed by atoms with E-state index in [1.54, 1.807) is 16.0 Å². The van der Waals surface area contributed by atoms with Crippen molar-refractivity contribution in [3.63, 3.8) is 0 Å². The van der Waals surface area contributed by atoms with Gasteiger partial charge in [-0.3, -0.25) is 29.4 Å². The SMILES string of the molecule is CN1CCN([C@@H]2CCCN(c3cnc(C(N)=O)c(Nc4ccc(C56C=C5CN(CCCCc5cccc7c5CN(C5CCC(=O)NC5=O)C7=O)CC6)cc4)n3)C2)C1=O. The van der Waals surface area contributed by atoms with E-state index in [2.05, 4.69) is 49.7 Å². The Hall–Kier alpha value is -5.83. The van der Waals surface area contributed by atoms with Crippen LogP contribution in [0.4, 0.5) is 22.1 Å². The van der Waals surface area contributed by atoms with Crippen molar-refractivity contribution >= 4 is 47.0 Å². The Kier molecular flexibility index (Phi) is 9.86. The van der Waals surface area contributed by atoms with Crippen LogP contribution in [0, 0.1) is 0 Å². The van der Waals surface area contributed by atoms with E-state index < -0.39 is 11.9 Å². The van der Waals surface area contributed by atoms with Crippen LogP contribution in [-0.4, -0.2) is 124 Å². The number of carbonyl (C=O) groups is 5. The van der Waals surface area contributed by atoms with Crippen molar-refractivity contribution in [3.8, 4) is 0 Å². The predicted octanol–water partition coefficient (Wildman–Crippen LogP) is 3.32. The number of rotatable bonds is 12. The first kappa shape index (κ1) is 37.7. The Morgan fingerprint density at radius 2 is 1.83 bits per heavy atom. The third kappa shape index (κ3) is 7.05. The van der Waals surface area contributed by atoms with Crippen molar-refractivity contribution in [2.24, 2.45) is 5.73 Å². The third-order valence-electron chi connectivity index (χ3n) is 13.0. The number of nitrogens with one attached hydrogen (secondary N) is 2. The zero-order chi connectivity index (χ0) is 40.1. The Labute approximate surface area is 337 Å². The number of hydrogen-bond acceptors (Lipinski definition) is 10. The predicted molar refractivity (Wildman–Crippen MR) is 216 cm³/mol. The molecule has 2 unspecified atom stereocenters. The summed E-state index contributed by atoms with van der Waals surface area (Å²) in [5.74, 6) is -0.491. The Bertz CT molecular complexity index is 2210. The number of anilines is 3. The number of likely N-dealkylation sites (N-methyl/N-ethyl adjacent to an activating group) is 1. The summed E-state index contributed by atoms with van der Waals surface area (Å²) < 4.78 is 0.